The second-order valence-corrected chi connectivity index (χ2v) is 6.44. The van der Waals surface area contributed by atoms with Crippen molar-refractivity contribution >= 4 is 11.8 Å². The molecule has 0 amide bonds. The summed E-state index contributed by atoms with van der Waals surface area (Å²) in [7, 11) is 1.71. The quantitative estimate of drug-likeness (QED) is 0.621. The summed E-state index contributed by atoms with van der Waals surface area (Å²) >= 11 is 2.07. The molecule has 0 aliphatic carbocycles. The number of hydrogen-bond acceptors (Lipinski definition) is 4. The molecule has 0 aromatic heterocycles. The highest BCUT2D eigenvalue weighted by molar-refractivity contribution is 7.99. The number of benzene rings is 1. The summed E-state index contributed by atoms with van der Waals surface area (Å²) in [5, 5.41) is 0. The van der Waals surface area contributed by atoms with Crippen LogP contribution in [0, 0.1) is 5.92 Å². The average molecular weight is 280 g/mol. The molecule has 0 bridgehead atoms. The summed E-state index contributed by atoms with van der Waals surface area (Å²) < 4.78 is 5.27. The lowest BCUT2D eigenvalue weighted by molar-refractivity contribution is 0.365. The second-order valence-electron chi connectivity index (χ2n) is 5.21. The van der Waals surface area contributed by atoms with Gasteiger partial charge in [0.1, 0.15) is 5.75 Å². The monoisotopic (exact) mass is 280 g/mol. The van der Waals surface area contributed by atoms with E-state index < -0.39 is 0 Å². The molecule has 2 rings (SSSR count). The van der Waals surface area contributed by atoms with E-state index in [0.717, 1.165) is 18.1 Å². The Morgan fingerprint density at radius 3 is 2.89 bits per heavy atom. The van der Waals surface area contributed by atoms with E-state index in [1.54, 1.807) is 7.11 Å². The molecule has 3 N–H and O–H groups in total. The molecule has 1 atom stereocenters. The fourth-order valence-corrected chi connectivity index (χ4v) is 3.88. The van der Waals surface area contributed by atoms with Gasteiger partial charge in [-0.05, 0) is 60.8 Å². The number of ether oxygens (including phenoxy) is 1. The Labute approximate surface area is 120 Å². The minimum Gasteiger partial charge on any atom is -0.497 e. The van der Waals surface area contributed by atoms with E-state index in [1.807, 2.05) is 12.1 Å². The summed E-state index contributed by atoms with van der Waals surface area (Å²) in [6.45, 7) is 0. The van der Waals surface area contributed by atoms with E-state index in [9.17, 15) is 0 Å². The number of thioether (sulfide) groups is 1. The first-order valence-corrected chi connectivity index (χ1v) is 8.14. The average Bonchev–Trinajstić information content (AvgIpc) is 2.48. The summed E-state index contributed by atoms with van der Waals surface area (Å²) in [5.74, 6) is 10.1. The van der Waals surface area contributed by atoms with Crippen molar-refractivity contribution in [3.63, 3.8) is 0 Å². The van der Waals surface area contributed by atoms with Crippen molar-refractivity contribution in [1.82, 2.24) is 5.43 Å². The Morgan fingerprint density at radius 2 is 2.21 bits per heavy atom. The Balaban J connectivity index is 1.90. The molecule has 1 heterocycles. The standard InChI is InChI=1S/C15H24N2OS/c1-18-15-4-2-3-13(11-15)10-14(17-16)9-12-5-7-19-8-6-12/h2-4,11-12,14,17H,5-10,16H2,1H3. The van der Waals surface area contributed by atoms with Crippen molar-refractivity contribution in [2.45, 2.75) is 31.7 Å². The van der Waals surface area contributed by atoms with E-state index in [0.29, 0.717) is 6.04 Å². The molecule has 1 aliphatic rings. The molecular weight excluding hydrogens is 256 g/mol. The predicted molar refractivity (Wildman–Crippen MR) is 82.5 cm³/mol. The lowest BCUT2D eigenvalue weighted by Crippen LogP contribution is -2.38. The van der Waals surface area contributed by atoms with E-state index in [1.165, 1.54) is 36.3 Å². The largest absolute Gasteiger partial charge is 0.497 e. The van der Waals surface area contributed by atoms with Gasteiger partial charge in [0.15, 0.2) is 0 Å². The summed E-state index contributed by atoms with van der Waals surface area (Å²) in [5.41, 5.74) is 4.27. The lowest BCUT2D eigenvalue weighted by Gasteiger charge is -2.26. The molecule has 19 heavy (non-hydrogen) atoms. The van der Waals surface area contributed by atoms with Crippen LogP contribution in [0.4, 0.5) is 0 Å². The van der Waals surface area contributed by atoms with Crippen molar-refractivity contribution in [3.05, 3.63) is 29.8 Å². The molecule has 1 aliphatic heterocycles. The van der Waals surface area contributed by atoms with Crippen LogP contribution in [0.2, 0.25) is 0 Å². The molecule has 1 saturated heterocycles. The van der Waals surface area contributed by atoms with E-state index in [-0.39, 0.29) is 0 Å². The fraction of sp³-hybridized carbons (Fsp3) is 0.600. The van der Waals surface area contributed by atoms with Gasteiger partial charge in [-0.1, -0.05) is 12.1 Å². The first-order valence-electron chi connectivity index (χ1n) is 6.98. The number of nitrogens with two attached hydrogens (primary N) is 1. The van der Waals surface area contributed by atoms with Crippen LogP contribution in [0.5, 0.6) is 5.75 Å². The van der Waals surface area contributed by atoms with Crippen molar-refractivity contribution in [3.8, 4) is 5.75 Å². The van der Waals surface area contributed by atoms with Crippen LogP contribution in [-0.4, -0.2) is 24.7 Å². The lowest BCUT2D eigenvalue weighted by atomic mass is 9.91. The van der Waals surface area contributed by atoms with Crippen LogP contribution in [0.15, 0.2) is 24.3 Å². The van der Waals surface area contributed by atoms with Crippen LogP contribution < -0.4 is 16.0 Å². The maximum Gasteiger partial charge on any atom is 0.119 e. The molecule has 4 heteroatoms. The van der Waals surface area contributed by atoms with E-state index in [2.05, 4.69) is 29.3 Å². The molecule has 3 nitrogen and oxygen atoms in total. The highest BCUT2D eigenvalue weighted by atomic mass is 32.2. The van der Waals surface area contributed by atoms with Crippen molar-refractivity contribution in [2.24, 2.45) is 11.8 Å². The molecular formula is C15H24N2OS. The zero-order valence-electron chi connectivity index (χ0n) is 11.6. The number of rotatable bonds is 6. The number of methoxy groups -OCH3 is 1. The highest BCUT2D eigenvalue weighted by Gasteiger charge is 2.18. The number of hydrogen-bond donors (Lipinski definition) is 2. The van der Waals surface area contributed by atoms with Gasteiger partial charge in [-0.2, -0.15) is 11.8 Å². The third kappa shape index (κ3) is 4.71. The van der Waals surface area contributed by atoms with E-state index >= 15 is 0 Å². The first kappa shape index (κ1) is 14.7. The van der Waals surface area contributed by atoms with Crippen molar-refractivity contribution < 1.29 is 4.74 Å². The molecule has 1 aromatic carbocycles. The van der Waals surface area contributed by atoms with Crippen LogP contribution in [0.1, 0.15) is 24.8 Å². The predicted octanol–water partition coefficient (Wildman–Crippen LogP) is 2.60. The van der Waals surface area contributed by atoms with Gasteiger partial charge in [0.25, 0.3) is 0 Å². The minimum atomic E-state index is 0.361. The van der Waals surface area contributed by atoms with Crippen LogP contribution in [-0.2, 0) is 6.42 Å². The summed E-state index contributed by atoms with van der Waals surface area (Å²) in [6, 6.07) is 8.62. The molecule has 1 aromatic rings. The maximum absolute atomic E-state index is 5.72. The van der Waals surface area contributed by atoms with Gasteiger partial charge < -0.3 is 4.74 Å². The maximum atomic E-state index is 5.72. The number of nitrogens with one attached hydrogen (secondary N) is 1. The third-order valence-electron chi connectivity index (χ3n) is 3.81. The van der Waals surface area contributed by atoms with Gasteiger partial charge in [0.2, 0.25) is 0 Å². The molecule has 0 radical (unpaired) electrons. The topological polar surface area (TPSA) is 47.3 Å². The normalized spacial score (nSPS) is 18.2. The fourth-order valence-electron chi connectivity index (χ4n) is 2.68. The minimum absolute atomic E-state index is 0.361. The second kappa shape index (κ2) is 7.78. The van der Waals surface area contributed by atoms with Gasteiger partial charge in [0, 0.05) is 6.04 Å². The highest BCUT2D eigenvalue weighted by Crippen LogP contribution is 2.27. The Morgan fingerprint density at radius 1 is 1.42 bits per heavy atom. The SMILES string of the molecule is COc1cccc(CC(CC2CCSCC2)NN)c1. The Kier molecular flexibility index (Phi) is 6.01. The van der Waals surface area contributed by atoms with Crippen LogP contribution in [0.25, 0.3) is 0 Å². The van der Waals surface area contributed by atoms with Gasteiger partial charge in [-0.25, -0.2) is 0 Å². The van der Waals surface area contributed by atoms with Crippen LogP contribution >= 0.6 is 11.8 Å². The van der Waals surface area contributed by atoms with E-state index in [4.69, 9.17) is 10.6 Å². The summed E-state index contributed by atoms with van der Waals surface area (Å²) in [4.78, 5) is 0. The van der Waals surface area contributed by atoms with Gasteiger partial charge >= 0.3 is 0 Å². The number of hydrazine groups is 1. The molecule has 0 spiro atoms. The summed E-state index contributed by atoms with van der Waals surface area (Å²) in [6.07, 6.45) is 4.81. The van der Waals surface area contributed by atoms with Crippen LogP contribution in [0.3, 0.4) is 0 Å². The van der Waals surface area contributed by atoms with Crippen molar-refractivity contribution in [1.29, 1.82) is 0 Å². The molecule has 0 saturated carbocycles. The van der Waals surface area contributed by atoms with Crippen molar-refractivity contribution in [2.75, 3.05) is 18.6 Å². The Bertz CT molecular complexity index is 380. The zero-order chi connectivity index (χ0) is 13.5. The molecule has 1 fully saturated rings. The third-order valence-corrected chi connectivity index (χ3v) is 4.86. The first-order chi connectivity index (χ1) is 9.31. The van der Waals surface area contributed by atoms with Gasteiger partial charge in [-0.15, -0.1) is 0 Å². The molecule has 1 unspecified atom stereocenters. The van der Waals surface area contributed by atoms with Gasteiger partial charge in [0.05, 0.1) is 7.11 Å². The molecule has 106 valence electrons. The Hall–Kier alpha value is -0.710. The van der Waals surface area contributed by atoms with Gasteiger partial charge in [-0.3, -0.25) is 11.3 Å². The smallest absolute Gasteiger partial charge is 0.119 e. The zero-order valence-corrected chi connectivity index (χ0v) is 12.4.